The Kier molecular flexibility index (Phi) is 10.2. The van der Waals surface area contributed by atoms with Gasteiger partial charge in [-0.25, -0.2) is 0 Å². The van der Waals surface area contributed by atoms with Crippen LogP contribution in [0, 0.1) is 0 Å². The molecular weight excluding hydrogens is 334 g/mol. The van der Waals surface area contributed by atoms with Crippen molar-refractivity contribution >= 4 is 5.96 Å². The largest absolute Gasteiger partial charge is 0.357 e. The van der Waals surface area contributed by atoms with E-state index < -0.39 is 0 Å². The zero-order chi connectivity index (χ0) is 19.3. The number of aliphatic imine (C=N–C) groups is 1. The van der Waals surface area contributed by atoms with Crippen molar-refractivity contribution in [2.24, 2.45) is 4.99 Å². The quantitative estimate of drug-likeness (QED) is 0.489. The molecular formula is C22H39N5. The predicted octanol–water partition coefficient (Wildman–Crippen LogP) is 2.94. The number of unbranched alkanes of at least 4 members (excludes halogenated alkanes) is 1. The SMILES string of the molecule is CCCCN(C)CCN=C(NCC)NC1CCN(Cc2ccccc2)CC1. The maximum absolute atomic E-state index is 4.78. The van der Waals surface area contributed by atoms with Crippen LogP contribution in [-0.2, 0) is 6.54 Å². The van der Waals surface area contributed by atoms with E-state index in [9.17, 15) is 0 Å². The molecule has 0 unspecified atom stereocenters. The van der Waals surface area contributed by atoms with E-state index >= 15 is 0 Å². The van der Waals surface area contributed by atoms with Crippen molar-refractivity contribution in [3.63, 3.8) is 0 Å². The first kappa shape index (κ1) is 21.7. The summed E-state index contributed by atoms with van der Waals surface area (Å²) < 4.78 is 0. The number of nitrogens with zero attached hydrogens (tertiary/aromatic N) is 3. The minimum atomic E-state index is 0.521. The number of hydrogen-bond donors (Lipinski definition) is 2. The molecule has 1 aromatic carbocycles. The highest BCUT2D eigenvalue weighted by Gasteiger charge is 2.20. The average molecular weight is 374 g/mol. The van der Waals surface area contributed by atoms with E-state index in [4.69, 9.17) is 4.99 Å². The van der Waals surface area contributed by atoms with Gasteiger partial charge < -0.3 is 15.5 Å². The smallest absolute Gasteiger partial charge is 0.191 e. The summed E-state index contributed by atoms with van der Waals surface area (Å²) in [6.45, 7) is 11.7. The van der Waals surface area contributed by atoms with Gasteiger partial charge in [-0.2, -0.15) is 0 Å². The topological polar surface area (TPSA) is 42.9 Å². The van der Waals surface area contributed by atoms with Crippen molar-refractivity contribution in [3.05, 3.63) is 35.9 Å². The van der Waals surface area contributed by atoms with Gasteiger partial charge in [-0.1, -0.05) is 43.7 Å². The molecule has 0 aromatic heterocycles. The first-order valence-corrected chi connectivity index (χ1v) is 10.7. The molecule has 0 spiro atoms. The summed E-state index contributed by atoms with van der Waals surface area (Å²) in [5.74, 6) is 0.975. The standard InChI is InChI=1S/C22H39N5/c1-4-6-15-26(3)18-14-24-22(23-5-2)25-21-12-16-27(17-13-21)19-20-10-8-7-9-11-20/h7-11,21H,4-6,12-19H2,1-3H3,(H2,23,24,25). The second kappa shape index (κ2) is 12.7. The van der Waals surface area contributed by atoms with Crippen LogP contribution in [0.1, 0.15) is 45.1 Å². The van der Waals surface area contributed by atoms with Gasteiger partial charge in [0.2, 0.25) is 0 Å². The van der Waals surface area contributed by atoms with Gasteiger partial charge >= 0.3 is 0 Å². The third kappa shape index (κ3) is 8.76. The fraction of sp³-hybridized carbons (Fsp3) is 0.682. The first-order chi connectivity index (χ1) is 13.2. The molecule has 0 atom stereocenters. The van der Waals surface area contributed by atoms with Crippen molar-refractivity contribution in [2.75, 3.05) is 46.3 Å². The molecule has 0 radical (unpaired) electrons. The number of hydrogen-bond acceptors (Lipinski definition) is 3. The molecule has 1 heterocycles. The fourth-order valence-corrected chi connectivity index (χ4v) is 3.46. The zero-order valence-corrected chi connectivity index (χ0v) is 17.6. The Morgan fingerprint density at radius 3 is 2.56 bits per heavy atom. The van der Waals surface area contributed by atoms with Crippen molar-refractivity contribution in [2.45, 2.75) is 52.1 Å². The predicted molar refractivity (Wildman–Crippen MR) is 116 cm³/mol. The molecule has 0 aliphatic carbocycles. The third-order valence-electron chi connectivity index (χ3n) is 5.17. The van der Waals surface area contributed by atoms with Gasteiger partial charge in [0.1, 0.15) is 0 Å². The third-order valence-corrected chi connectivity index (χ3v) is 5.17. The Balaban J connectivity index is 1.72. The highest BCUT2D eigenvalue weighted by molar-refractivity contribution is 5.80. The molecule has 2 N–H and O–H groups in total. The van der Waals surface area contributed by atoms with Crippen LogP contribution >= 0.6 is 0 Å². The number of nitrogens with one attached hydrogen (secondary N) is 2. The molecule has 1 fully saturated rings. The lowest BCUT2D eigenvalue weighted by molar-refractivity contribution is 0.198. The average Bonchev–Trinajstić information content (AvgIpc) is 2.69. The Hall–Kier alpha value is -1.59. The fourth-order valence-electron chi connectivity index (χ4n) is 3.46. The maximum Gasteiger partial charge on any atom is 0.191 e. The molecule has 1 saturated heterocycles. The van der Waals surface area contributed by atoms with E-state index in [1.807, 2.05) is 0 Å². The van der Waals surface area contributed by atoms with Gasteiger partial charge in [0, 0.05) is 38.8 Å². The minimum Gasteiger partial charge on any atom is -0.357 e. The van der Waals surface area contributed by atoms with Gasteiger partial charge in [-0.15, -0.1) is 0 Å². The summed E-state index contributed by atoms with van der Waals surface area (Å²) >= 11 is 0. The van der Waals surface area contributed by atoms with Crippen LogP contribution in [0.25, 0.3) is 0 Å². The lowest BCUT2D eigenvalue weighted by atomic mass is 10.0. The molecule has 0 bridgehead atoms. The van der Waals surface area contributed by atoms with Crippen LogP contribution < -0.4 is 10.6 Å². The molecule has 1 aromatic rings. The molecule has 0 amide bonds. The number of guanidine groups is 1. The maximum atomic E-state index is 4.78. The van der Waals surface area contributed by atoms with Crippen LogP contribution in [0.3, 0.4) is 0 Å². The Bertz CT molecular complexity index is 523. The van der Waals surface area contributed by atoms with Crippen molar-refractivity contribution in [3.8, 4) is 0 Å². The Labute approximate surface area is 166 Å². The summed E-state index contributed by atoms with van der Waals surface area (Å²) in [4.78, 5) is 9.71. The number of benzene rings is 1. The van der Waals surface area contributed by atoms with E-state index in [1.165, 1.54) is 31.2 Å². The summed E-state index contributed by atoms with van der Waals surface area (Å²) in [7, 11) is 2.19. The van der Waals surface area contributed by atoms with Crippen LogP contribution in [0.2, 0.25) is 0 Å². The number of piperidine rings is 1. The minimum absolute atomic E-state index is 0.521. The molecule has 2 rings (SSSR count). The second-order valence-electron chi connectivity index (χ2n) is 7.60. The van der Waals surface area contributed by atoms with E-state index in [-0.39, 0.29) is 0 Å². The zero-order valence-electron chi connectivity index (χ0n) is 17.6. The molecule has 1 aliphatic rings. The highest BCUT2D eigenvalue weighted by atomic mass is 15.2. The number of likely N-dealkylation sites (tertiary alicyclic amines) is 1. The summed E-state index contributed by atoms with van der Waals surface area (Å²) in [5, 5.41) is 7.06. The van der Waals surface area contributed by atoms with Crippen LogP contribution in [-0.4, -0.2) is 68.1 Å². The Morgan fingerprint density at radius 1 is 1.15 bits per heavy atom. The summed E-state index contributed by atoms with van der Waals surface area (Å²) in [6.07, 6.45) is 4.86. The monoisotopic (exact) mass is 373 g/mol. The van der Waals surface area contributed by atoms with Gasteiger partial charge in [0.25, 0.3) is 0 Å². The van der Waals surface area contributed by atoms with Crippen LogP contribution in [0.15, 0.2) is 35.3 Å². The Morgan fingerprint density at radius 2 is 1.89 bits per heavy atom. The molecule has 1 aliphatic heterocycles. The van der Waals surface area contributed by atoms with Crippen molar-refractivity contribution in [1.82, 2.24) is 20.4 Å². The number of likely N-dealkylation sites (N-methyl/N-ethyl adjacent to an activating group) is 1. The van der Waals surface area contributed by atoms with Gasteiger partial charge in [-0.05, 0) is 45.3 Å². The van der Waals surface area contributed by atoms with Crippen LogP contribution in [0.4, 0.5) is 0 Å². The van der Waals surface area contributed by atoms with Gasteiger partial charge in [-0.3, -0.25) is 9.89 Å². The molecule has 152 valence electrons. The normalized spacial score (nSPS) is 16.7. The van der Waals surface area contributed by atoms with Crippen molar-refractivity contribution in [1.29, 1.82) is 0 Å². The second-order valence-corrected chi connectivity index (χ2v) is 7.60. The van der Waals surface area contributed by atoms with Crippen LogP contribution in [0.5, 0.6) is 0 Å². The van der Waals surface area contributed by atoms with Gasteiger partial charge in [0.05, 0.1) is 6.54 Å². The van der Waals surface area contributed by atoms with Gasteiger partial charge in [0.15, 0.2) is 5.96 Å². The van der Waals surface area contributed by atoms with Crippen molar-refractivity contribution < 1.29 is 0 Å². The van der Waals surface area contributed by atoms with E-state index in [0.29, 0.717) is 6.04 Å². The summed E-state index contributed by atoms with van der Waals surface area (Å²) in [6, 6.07) is 11.3. The molecule has 5 nitrogen and oxygen atoms in total. The lowest BCUT2D eigenvalue weighted by Gasteiger charge is -2.33. The lowest BCUT2D eigenvalue weighted by Crippen LogP contribution is -2.48. The molecule has 5 heteroatoms. The molecule has 0 saturated carbocycles. The summed E-state index contributed by atoms with van der Waals surface area (Å²) in [5.41, 5.74) is 1.41. The number of rotatable bonds is 10. The van der Waals surface area contributed by atoms with E-state index in [0.717, 1.165) is 51.8 Å². The van der Waals surface area contributed by atoms with E-state index in [2.05, 4.69) is 71.7 Å². The highest BCUT2D eigenvalue weighted by Crippen LogP contribution is 2.13. The van der Waals surface area contributed by atoms with E-state index in [1.54, 1.807) is 0 Å². The molecule has 27 heavy (non-hydrogen) atoms. The first-order valence-electron chi connectivity index (χ1n) is 10.7.